The summed E-state index contributed by atoms with van der Waals surface area (Å²) < 4.78 is 2.14. The van der Waals surface area contributed by atoms with E-state index in [1.165, 1.54) is 11.1 Å². The monoisotopic (exact) mass is 200 g/mol. The van der Waals surface area contributed by atoms with Crippen molar-refractivity contribution in [1.29, 1.82) is 0 Å². The molecule has 0 aliphatic rings. The third kappa shape index (κ3) is 2.10. The highest BCUT2D eigenvalue weighted by atomic mass is 15.0. The Bertz CT molecular complexity index is 401. The molecule has 0 amide bonds. The maximum absolute atomic E-state index is 5.81. The highest BCUT2D eigenvalue weighted by Crippen LogP contribution is 2.17. The summed E-state index contributed by atoms with van der Waals surface area (Å²) in [6.45, 7) is 2.72. The molecule has 1 atom stereocenters. The van der Waals surface area contributed by atoms with Gasteiger partial charge < -0.3 is 10.3 Å². The first kappa shape index (κ1) is 9.99. The number of hydrogen-bond donors (Lipinski definition) is 1. The third-order valence-corrected chi connectivity index (χ3v) is 2.67. The van der Waals surface area contributed by atoms with Crippen LogP contribution in [-0.4, -0.2) is 11.1 Å². The van der Waals surface area contributed by atoms with Gasteiger partial charge in [0.05, 0.1) is 6.04 Å². The maximum Gasteiger partial charge on any atom is 0.0702 e. The van der Waals surface area contributed by atoms with Crippen molar-refractivity contribution < 1.29 is 0 Å². The molecular formula is C13H16N2. The molecule has 15 heavy (non-hydrogen) atoms. The van der Waals surface area contributed by atoms with Crippen LogP contribution in [0.2, 0.25) is 0 Å². The molecule has 0 saturated heterocycles. The van der Waals surface area contributed by atoms with Gasteiger partial charge in [0, 0.05) is 18.9 Å². The standard InChI is InChI=1S/C13H16N2/c1-11-4-6-12(7-5-11)13(10-14)15-8-2-3-9-15/h2-9,13H,10,14H2,1H3. The number of nitrogens with zero attached hydrogens (tertiary/aromatic N) is 1. The molecule has 0 spiro atoms. The molecule has 0 fully saturated rings. The summed E-state index contributed by atoms with van der Waals surface area (Å²) in [6, 6.07) is 12.8. The van der Waals surface area contributed by atoms with Gasteiger partial charge in [0.2, 0.25) is 0 Å². The van der Waals surface area contributed by atoms with Gasteiger partial charge in [0.1, 0.15) is 0 Å². The molecule has 1 heterocycles. The molecular weight excluding hydrogens is 184 g/mol. The van der Waals surface area contributed by atoms with E-state index in [4.69, 9.17) is 5.73 Å². The SMILES string of the molecule is Cc1ccc(C(CN)n2cccc2)cc1. The summed E-state index contributed by atoms with van der Waals surface area (Å²) in [5, 5.41) is 0. The van der Waals surface area contributed by atoms with E-state index in [1.807, 2.05) is 12.1 Å². The van der Waals surface area contributed by atoms with E-state index in [0.29, 0.717) is 6.54 Å². The van der Waals surface area contributed by atoms with Crippen LogP contribution >= 0.6 is 0 Å². The lowest BCUT2D eigenvalue weighted by Crippen LogP contribution is -2.19. The fraction of sp³-hybridized carbons (Fsp3) is 0.231. The summed E-state index contributed by atoms with van der Waals surface area (Å²) in [7, 11) is 0. The van der Waals surface area contributed by atoms with Crippen molar-refractivity contribution in [3.63, 3.8) is 0 Å². The third-order valence-electron chi connectivity index (χ3n) is 2.67. The zero-order valence-electron chi connectivity index (χ0n) is 8.93. The first-order valence-corrected chi connectivity index (χ1v) is 5.20. The van der Waals surface area contributed by atoms with Gasteiger partial charge in [-0.25, -0.2) is 0 Å². The minimum absolute atomic E-state index is 0.251. The molecule has 0 aliphatic carbocycles. The van der Waals surface area contributed by atoms with Gasteiger partial charge in [-0.1, -0.05) is 29.8 Å². The fourth-order valence-corrected chi connectivity index (χ4v) is 1.77. The van der Waals surface area contributed by atoms with Crippen LogP contribution in [0.1, 0.15) is 17.2 Å². The molecule has 1 unspecified atom stereocenters. The normalized spacial score (nSPS) is 12.7. The van der Waals surface area contributed by atoms with Gasteiger partial charge >= 0.3 is 0 Å². The molecule has 2 aromatic rings. The highest BCUT2D eigenvalue weighted by molar-refractivity contribution is 5.25. The second-order valence-electron chi connectivity index (χ2n) is 3.79. The predicted molar refractivity (Wildman–Crippen MR) is 62.8 cm³/mol. The number of benzene rings is 1. The van der Waals surface area contributed by atoms with Gasteiger partial charge in [-0.15, -0.1) is 0 Å². The first-order chi connectivity index (χ1) is 7.31. The van der Waals surface area contributed by atoms with E-state index < -0.39 is 0 Å². The molecule has 0 aliphatic heterocycles. The van der Waals surface area contributed by atoms with Gasteiger partial charge in [0.25, 0.3) is 0 Å². The maximum atomic E-state index is 5.81. The molecule has 78 valence electrons. The molecule has 0 saturated carbocycles. The van der Waals surface area contributed by atoms with E-state index in [-0.39, 0.29) is 6.04 Å². The lowest BCUT2D eigenvalue weighted by atomic mass is 10.1. The smallest absolute Gasteiger partial charge is 0.0702 e. The molecule has 1 aromatic carbocycles. The summed E-state index contributed by atoms with van der Waals surface area (Å²) in [5.41, 5.74) is 8.36. The summed E-state index contributed by atoms with van der Waals surface area (Å²) in [5.74, 6) is 0. The number of aryl methyl sites for hydroxylation is 1. The molecule has 2 N–H and O–H groups in total. The quantitative estimate of drug-likeness (QED) is 0.810. The van der Waals surface area contributed by atoms with Crippen molar-refractivity contribution in [1.82, 2.24) is 4.57 Å². The van der Waals surface area contributed by atoms with E-state index in [9.17, 15) is 0 Å². The minimum Gasteiger partial charge on any atom is -0.346 e. The van der Waals surface area contributed by atoms with Crippen molar-refractivity contribution in [3.8, 4) is 0 Å². The largest absolute Gasteiger partial charge is 0.346 e. The average Bonchev–Trinajstić information content (AvgIpc) is 2.75. The Labute approximate surface area is 90.3 Å². The van der Waals surface area contributed by atoms with Gasteiger partial charge in [-0.3, -0.25) is 0 Å². The number of rotatable bonds is 3. The lowest BCUT2D eigenvalue weighted by molar-refractivity contribution is 0.598. The Morgan fingerprint density at radius 3 is 2.27 bits per heavy atom. The van der Waals surface area contributed by atoms with Gasteiger partial charge in [-0.05, 0) is 24.6 Å². The molecule has 0 bridgehead atoms. The average molecular weight is 200 g/mol. The van der Waals surface area contributed by atoms with E-state index in [1.54, 1.807) is 0 Å². The Balaban J connectivity index is 2.31. The van der Waals surface area contributed by atoms with Crippen LogP contribution in [-0.2, 0) is 0 Å². The van der Waals surface area contributed by atoms with Crippen LogP contribution < -0.4 is 5.73 Å². The Hall–Kier alpha value is -1.54. The predicted octanol–water partition coefficient (Wildman–Crippen LogP) is 2.34. The molecule has 2 rings (SSSR count). The van der Waals surface area contributed by atoms with Crippen LogP contribution in [0, 0.1) is 6.92 Å². The fourth-order valence-electron chi connectivity index (χ4n) is 1.77. The van der Waals surface area contributed by atoms with Gasteiger partial charge in [-0.2, -0.15) is 0 Å². The zero-order chi connectivity index (χ0) is 10.7. The zero-order valence-corrected chi connectivity index (χ0v) is 8.93. The number of nitrogens with two attached hydrogens (primary N) is 1. The Morgan fingerprint density at radius 2 is 1.73 bits per heavy atom. The van der Waals surface area contributed by atoms with Crippen LogP contribution in [0.15, 0.2) is 48.8 Å². The van der Waals surface area contributed by atoms with Crippen LogP contribution in [0.3, 0.4) is 0 Å². The second kappa shape index (κ2) is 4.32. The first-order valence-electron chi connectivity index (χ1n) is 5.20. The van der Waals surface area contributed by atoms with Gasteiger partial charge in [0.15, 0.2) is 0 Å². The highest BCUT2D eigenvalue weighted by Gasteiger charge is 2.09. The van der Waals surface area contributed by atoms with Crippen molar-refractivity contribution in [3.05, 3.63) is 59.9 Å². The van der Waals surface area contributed by atoms with E-state index in [2.05, 4.69) is 48.1 Å². The topological polar surface area (TPSA) is 30.9 Å². The van der Waals surface area contributed by atoms with Crippen LogP contribution in [0.25, 0.3) is 0 Å². The summed E-state index contributed by atoms with van der Waals surface area (Å²) >= 11 is 0. The van der Waals surface area contributed by atoms with Crippen molar-refractivity contribution in [2.45, 2.75) is 13.0 Å². The van der Waals surface area contributed by atoms with E-state index >= 15 is 0 Å². The molecule has 0 radical (unpaired) electrons. The summed E-state index contributed by atoms with van der Waals surface area (Å²) in [6.07, 6.45) is 4.11. The van der Waals surface area contributed by atoms with Crippen molar-refractivity contribution in [2.24, 2.45) is 5.73 Å². The second-order valence-corrected chi connectivity index (χ2v) is 3.79. The summed E-state index contributed by atoms with van der Waals surface area (Å²) in [4.78, 5) is 0. The van der Waals surface area contributed by atoms with E-state index in [0.717, 1.165) is 0 Å². The van der Waals surface area contributed by atoms with Crippen molar-refractivity contribution in [2.75, 3.05) is 6.54 Å². The lowest BCUT2D eigenvalue weighted by Gasteiger charge is -2.17. The van der Waals surface area contributed by atoms with Crippen LogP contribution in [0.4, 0.5) is 0 Å². The van der Waals surface area contributed by atoms with Crippen molar-refractivity contribution >= 4 is 0 Å². The number of aromatic nitrogens is 1. The van der Waals surface area contributed by atoms with Crippen LogP contribution in [0.5, 0.6) is 0 Å². The number of hydrogen-bond acceptors (Lipinski definition) is 1. The molecule has 2 heteroatoms. The Kier molecular flexibility index (Phi) is 2.88. The molecule has 2 nitrogen and oxygen atoms in total. The Morgan fingerprint density at radius 1 is 1.13 bits per heavy atom. The minimum atomic E-state index is 0.251. The molecule has 1 aromatic heterocycles.